The average molecular weight is 192 g/mol. The highest BCUT2D eigenvalue weighted by Crippen LogP contribution is 2.07. The minimum absolute atomic E-state index is 0.334. The number of carbonyl (C=O) groups is 1. The van der Waals surface area contributed by atoms with E-state index in [0.717, 1.165) is 25.8 Å². The number of nitrogens with one attached hydrogen (secondary N) is 2. The maximum atomic E-state index is 11.7. The fraction of sp³-hybridized carbons (Fsp3) is 0.875. The Hall–Kier alpha value is -0.710. The lowest BCUT2D eigenvalue weighted by molar-refractivity contribution is -0.131. The highest BCUT2D eigenvalue weighted by molar-refractivity contribution is 5.78. The molecule has 5 heteroatoms. The molecule has 0 aromatic heterocycles. The van der Waals surface area contributed by atoms with Crippen LogP contribution in [0, 0.1) is 0 Å². The van der Waals surface area contributed by atoms with Crippen LogP contribution in [-0.4, -0.2) is 31.5 Å². The number of hydrogen-bond donors (Lipinski definition) is 2. The molecule has 1 aliphatic heterocycles. The van der Waals surface area contributed by atoms with E-state index < -0.39 is 12.3 Å². The molecular formula is C8H14F2N2O. The molecule has 0 spiro atoms. The van der Waals surface area contributed by atoms with Crippen molar-refractivity contribution in [3.05, 3.63) is 0 Å². The molecule has 1 rings (SSSR count). The van der Waals surface area contributed by atoms with Crippen molar-refractivity contribution in [2.75, 3.05) is 13.1 Å². The molecule has 2 N–H and O–H groups in total. The second kappa shape index (κ2) is 5.11. The summed E-state index contributed by atoms with van der Waals surface area (Å²) in [4.78, 5) is 10.4. The van der Waals surface area contributed by atoms with Gasteiger partial charge in [0.15, 0.2) is 0 Å². The molecule has 1 amide bonds. The molecule has 0 bridgehead atoms. The SMILES string of the molecule is O=C(NCC[C@H]1CCCN1)C(F)F. The molecule has 13 heavy (non-hydrogen) atoms. The molecule has 0 saturated carbocycles. The van der Waals surface area contributed by atoms with Gasteiger partial charge in [0.1, 0.15) is 0 Å². The third kappa shape index (κ3) is 3.67. The van der Waals surface area contributed by atoms with Crippen molar-refractivity contribution in [2.24, 2.45) is 0 Å². The van der Waals surface area contributed by atoms with Gasteiger partial charge in [-0.2, -0.15) is 8.78 Å². The lowest BCUT2D eigenvalue weighted by Crippen LogP contribution is -2.33. The third-order valence-electron chi connectivity index (χ3n) is 2.15. The molecular weight excluding hydrogens is 178 g/mol. The average Bonchev–Trinajstić information content (AvgIpc) is 2.56. The van der Waals surface area contributed by atoms with Crippen LogP contribution < -0.4 is 10.6 Å². The zero-order chi connectivity index (χ0) is 9.68. The predicted molar refractivity (Wildman–Crippen MR) is 44.7 cm³/mol. The fourth-order valence-corrected chi connectivity index (χ4v) is 1.45. The van der Waals surface area contributed by atoms with Crippen molar-refractivity contribution in [1.82, 2.24) is 10.6 Å². The van der Waals surface area contributed by atoms with Crippen molar-refractivity contribution < 1.29 is 13.6 Å². The molecule has 1 saturated heterocycles. The van der Waals surface area contributed by atoms with Gasteiger partial charge in [0.2, 0.25) is 0 Å². The predicted octanol–water partition coefficient (Wildman–Crippen LogP) is 0.510. The molecule has 1 fully saturated rings. The Labute approximate surface area is 75.9 Å². The van der Waals surface area contributed by atoms with Crippen LogP contribution in [0.5, 0.6) is 0 Å². The number of hydrogen-bond acceptors (Lipinski definition) is 2. The first-order chi connectivity index (χ1) is 6.20. The van der Waals surface area contributed by atoms with Crippen LogP contribution in [0.3, 0.4) is 0 Å². The van der Waals surface area contributed by atoms with E-state index >= 15 is 0 Å². The van der Waals surface area contributed by atoms with E-state index in [2.05, 4.69) is 10.6 Å². The van der Waals surface area contributed by atoms with Crippen LogP contribution in [0.2, 0.25) is 0 Å². The standard InChI is InChI=1S/C8H14F2N2O/c9-7(10)8(13)12-5-3-6-2-1-4-11-6/h6-7,11H,1-5H2,(H,12,13)/t6-/m1/s1. The molecule has 0 aliphatic carbocycles. The summed E-state index contributed by atoms with van der Waals surface area (Å²) < 4.78 is 23.4. The highest BCUT2D eigenvalue weighted by Gasteiger charge is 2.16. The summed E-state index contributed by atoms with van der Waals surface area (Å²) in [5.41, 5.74) is 0. The zero-order valence-electron chi connectivity index (χ0n) is 7.35. The summed E-state index contributed by atoms with van der Waals surface area (Å²) in [6.45, 7) is 1.33. The van der Waals surface area contributed by atoms with E-state index in [1.54, 1.807) is 0 Å². The molecule has 0 aromatic rings. The Balaban J connectivity index is 2.03. The van der Waals surface area contributed by atoms with Crippen LogP contribution in [0.1, 0.15) is 19.3 Å². The number of amides is 1. The van der Waals surface area contributed by atoms with Crippen LogP contribution >= 0.6 is 0 Å². The molecule has 3 nitrogen and oxygen atoms in total. The molecule has 1 aliphatic rings. The van der Waals surface area contributed by atoms with E-state index in [-0.39, 0.29) is 0 Å². The van der Waals surface area contributed by atoms with Crippen LogP contribution in [-0.2, 0) is 4.79 Å². The maximum absolute atomic E-state index is 11.7. The van der Waals surface area contributed by atoms with Crippen LogP contribution in [0.25, 0.3) is 0 Å². The van der Waals surface area contributed by atoms with Crippen molar-refractivity contribution in [2.45, 2.75) is 31.7 Å². The lowest BCUT2D eigenvalue weighted by atomic mass is 10.1. The summed E-state index contributed by atoms with van der Waals surface area (Å²) in [5.74, 6) is -1.17. The molecule has 76 valence electrons. The number of alkyl halides is 2. The third-order valence-corrected chi connectivity index (χ3v) is 2.15. The van der Waals surface area contributed by atoms with E-state index in [1.165, 1.54) is 0 Å². The second-order valence-corrected chi connectivity index (χ2v) is 3.17. The summed E-state index contributed by atoms with van der Waals surface area (Å²) in [6.07, 6.45) is 0.0488. The van der Waals surface area contributed by atoms with Crippen molar-refractivity contribution in [1.29, 1.82) is 0 Å². The van der Waals surface area contributed by atoms with Crippen molar-refractivity contribution in [3.8, 4) is 0 Å². The maximum Gasteiger partial charge on any atom is 0.315 e. The quantitative estimate of drug-likeness (QED) is 0.681. The van der Waals surface area contributed by atoms with Gasteiger partial charge >= 0.3 is 6.43 Å². The van der Waals surface area contributed by atoms with Gasteiger partial charge in [0.05, 0.1) is 0 Å². The first-order valence-electron chi connectivity index (χ1n) is 4.49. The van der Waals surface area contributed by atoms with Gasteiger partial charge < -0.3 is 10.6 Å². The Bertz CT molecular complexity index is 170. The number of carbonyl (C=O) groups excluding carboxylic acids is 1. The Kier molecular flexibility index (Phi) is 4.08. The molecule has 0 radical (unpaired) electrons. The number of halogens is 2. The van der Waals surface area contributed by atoms with E-state index in [9.17, 15) is 13.6 Å². The summed E-state index contributed by atoms with van der Waals surface area (Å²) in [6, 6.07) is 0.387. The smallest absolute Gasteiger partial charge is 0.315 e. The number of rotatable bonds is 4. The molecule has 1 atom stereocenters. The summed E-state index contributed by atoms with van der Waals surface area (Å²) in [7, 11) is 0. The fourth-order valence-electron chi connectivity index (χ4n) is 1.45. The minimum Gasteiger partial charge on any atom is -0.351 e. The van der Waals surface area contributed by atoms with E-state index in [4.69, 9.17) is 0 Å². The monoisotopic (exact) mass is 192 g/mol. The first-order valence-corrected chi connectivity index (χ1v) is 4.49. The van der Waals surface area contributed by atoms with Crippen LogP contribution in [0.15, 0.2) is 0 Å². The van der Waals surface area contributed by atoms with Gasteiger partial charge in [-0.1, -0.05) is 0 Å². The lowest BCUT2D eigenvalue weighted by Gasteiger charge is -2.10. The largest absolute Gasteiger partial charge is 0.351 e. The van der Waals surface area contributed by atoms with Gasteiger partial charge in [-0.15, -0.1) is 0 Å². The Morgan fingerprint density at radius 1 is 1.62 bits per heavy atom. The molecule has 0 unspecified atom stereocenters. The highest BCUT2D eigenvalue weighted by atomic mass is 19.3. The van der Waals surface area contributed by atoms with Crippen LogP contribution in [0.4, 0.5) is 8.78 Å². The van der Waals surface area contributed by atoms with Gasteiger partial charge in [0, 0.05) is 12.6 Å². The summed E-state index contributed by atoms with van der Waals surface area (Å²) >= 11 is 0. The topological polar surface area (TPSA) is 41.1 Å². The molecule has 0 aromatic carbocycles. The minimum atomic E-state index is -2.89. The van der Waals surface area contributed by atoms with E-state index in [1.807, 2.05) is 0 Å². The van der Waals surface area contributed by atoms with Gasteiger partial charge in [-0.25, -0.2) is 0 Å². The zero-order valence-corrected chi connectivity index (χ0v) is 7.35. The van der Waals surface area contributed by atoms with Gasteiger partial charge in [0.25, 0.3) is 5.91 Å². The van der Waals surface area contributed by atoms with Gasteiger partial charge in [-0.05, 0) is 25.8 Å². The Morgan fingerprint density at radius 3 is 2.92 bits per heavy atom. The first kappa shape index (κ1) is 10.4. The van der Waals surface area contributed by atoms with Crippen molar-refractivity contribution in [3.63, 3.8) is 0 Å². The Morgan fingerprint density at radius 2 is 2.38 bits per heavy atom. The second-order valence-electron chi connectivity index (χ2n) is 3.17. The van der Waals surface area contributed by atoms with Crippen molar-refractivity contribution >= 4 is 5.91 Å². The molecule has 1 heterocycles. The summed E-state index contributed by atoms with van der Waals surface area (Å²) in [5, 5.41) is 5.40. The normalized spacial score (nSPS) is 22.2. The van der Waals surface area contributed by atoms with Gasteiger partial charge in [-0.3, -0.25) is 4.79 Å². The van der Waals surface area contributed by atoms with E-state index in [0.29, 0.717) is 12.6 Å².